The summed E-state index contributed by atoms with van der Waals surface area (Å²) in [6.07, 6.45) is 3.87. The summed E-state index contributed by atoms with van der Waals surface area (Å²) in [5.41, 5.74) is 2.48. The van der Waals surface area contributed by atoms with E-state index < -0.39 is 0 Å². The first-order valence-electron chi connectivity index (χ1n) is 6.54. The SMILES string of the molecule is CCn1ccnc1-c1ccc(CNC(C)C)cc1. The van der Waals surface area contributed by atoms with Crippen molar-refractivity contribution in [2.75, 3.05) is 0 Å². The fourth-order valence-corrected chi connectivity index (χ4v) is 1.92. The second-order valence-corrected chi connectivity index (χ2v) is 4.77. The van der Waals surface area contributed by atoms with E-state index in [4.69, 9.17) is 0 Å². The first kappa shape index (κ1) is 12.8. The van der Waals surface area contributed by atoms with Gasteiger partial charge in [-0.25, -0.2) is 4.98 Å². The Hall–Kier alpha value is -1.61. The van der Waals surface area contributed by atoms with Crippen LogP contribution in [0.5, 0.6) is 0 Å². The lowest BCUT2D eigenvalue weighted by Gasteiger charge is -2.09. The van der Waals surface area contributed by atoms with E-state index in [1.165, 1.54) is 11.1 Å². The van der Waals surface area contributed by atoms with Gasteiger partial charge in [-0.2, -0.15) is 0 Å². The molecule has 0 unspecified atom stereocenters. The summed E-state index contributed by atoms with van der Waals surface area (Å²) in [6, 6.07) is 9.14. The lowest BCUT2D eigenvalue weighted by Crippen LogP contribution is -2.21. The number of benzene rings is 1. The van der Waals surface area contributed by atoms with Gasteiger partial charge in [-0.1, -0.05) is 38.1 Å². The third-order valence-electron chi connectivity index (χ3n) is 2.98. The zero-order chi connectivity index (χ0) is 13.0. The molecule has 0 spiro atoms. The Balaban J connectivity index is 2.12. The third kappa shape index (κ3) is 2.99. The van der Waals surface area contributed by atoms with Crippen LogP contribution in [0.3, 0.4) is 0 Å². The van der Waals surface area contributed by atoms with E-state index in [1.807, 2.05) is 12.4 Å². The van der Waals surface area contributed by atoms with Crippen LogP contribution < -0.4 is 5.32 Å². The zero-order valence-electron chi connectivity index (χ0n) is 11.4. The quantitative estimate of drug-likeness (QED) is 0.874. The van der Waals surface area contributed by atoms with E-state index in [1.54, 1.807) is 0 Å². The molecule has 0 aliphatic rings. The highest BCUT2D eigenvalue weighted by Crippen LogP contribution is 2.18. The summed E-state index contributed by atoms with van der Waals surface area (Å²) in [7, 11) is 0. The van der Waals surface area contributed by atoms with Crippen LogP contribution in [-0.2, 0) is 13.1 Å². The largest absolute Gasteiger partial charge is 0.331 e. The minimum absolute atomic E-state index is 0.517. The summed E-state index contributed by atoms with van der Waals surface area (Å²) in [5.74, 6) is 1.04. The Labute approximate surface area is 109 Å². The van der Waals surface area contributed by atoms with Gasteiger partial charge >= 0.3 is 0 Å². The fraction of sp³-hybridized carbons (Fsp3) is 0.400. The fourth-order valence-electron chi connectivity index (χ4n) is 1.92. The Morgan fingerprint density at radius 1 is 1.22 bits per heavy atom. The second-order valence-electron chi connectivity index (χ2n) is 4.77. The average molecular weight is 243 g/mol. The van der Waals surface area contributed by atoms with E-state index in [9.17, 15) is 0 Å². The molecule has 96 valence electrons. The molecule has 1 aromatic carbocycles. The molecule has 1 N–H and O–H groups in total. The van der Waals surface area contributed by atoms with Gasteiger partial charge in [-0.15, -0.1) is 0 Å². The molecule has 0 bridgehead atoms. The summed E-state index contributed by atoms with van der Waals surface area (Å²) < 4.78 is 2.15. The summed E-state index contributed by atoms with van der Waals surface area (Å²) >= 11 is 0. The van der Waals surface area contributed by atoms with Crippen LogP contribution in [0, 0.1) is 0 Å². The molecule has 2 aromatic rings. The zero-order valence-corrected chi connectivity index (χ0v) is 11.4. The van der Waals surface area contributed by atoms with Crippen molar-refractivity contribution < 1.29 is 0 Å². The van der Waals surface area contributed by atoms with Crippen LogP contribution in [0.15, 0.2) is 36.7 Å². The van der Waals surface area contributed by atoms with Gasteiger partial charge in [0.1, 0.15) is 5.82 Å². The van der Waals surface area contributed by atoms with Crippen molar-refractivity contribution in [3.63, 3.8) is 0 Å². The molecule has 0 atom stereocenters. The minimum Gasteiger partial charge on any atom is -0.331 e. The monoisotopic (exact) mass is 243 g/mol. The second kappa shape index (κ2) is 5.83. The molecule has 0 radical (unpaired) electrons. The Bertz CT molecular complexity index is 483. The number of imidazole rings is 1. The molecule has 1 heterocycles. The molecule has 1 aromatic heterocycles. The van der Waals surface area contributed by atoms with Crippen LogP contribution in [0.4, 0.5) is 0 Å². The third-order valence-corrected chi connectivity index (χ3v) is 2.98. The molecule has 0 amide bonds. The van der Waals surface area contributed by atoms with Gasteiger partial charge in [0, 0.05) is 37.1 Å². The van der Waals surface area contributed by atoms with Crippen molar-refractivity contribution >= 4 is 0 Å². The Morgan fingerprint density at radius 2 is 1.94 bits per heavy atom. The van der Waals surface area contributed by atoms with Crippen LogP contribution in [0.2, 0.25) is 0 Å². The van der Waals surface area contributed by atoms with Crippen molar-refractivity contribution in [3.8, 4) is 11.4 Å². The average Bonchev–Trinajstić information content (AvgIpc) is 2.85. The van der Waals surface area contributed by atoms with Gasteiger partial charge in [0.25, 0.3) is 0 Å². The molecule has 3 heteroatoms. The van der Waals surface area contributed by atoms with Crippen molar-refractivity contribution in [1.29, 1.82) is 0 Å². The number of nitrogens with zero attached hydrogens (tertiary/aromatic N) is 2. The Kier molecular flexibility index (Phi) is 4.15. The van der Waals surface area contributed by atoms with Crippen LogP contribution in [0.25, 0.3) is 11.4 Å². The molecule has 0 fully saturated rings. The molecule has 0 saturated heterocycles. The molecule has 0 aliphatic carbocycles. The van der Waals surface area contributed by atoms with Gasteiger partial charge in [0.15, 0.2) is 0 Å². The highest BCUT2D eigenvalue weighted by molar-refractivity contribution is 5.56. The van der Waals surface area contributed by atoms with Crippen molar-refractivity contribution in [3.05, 3.63) is 42.2 Å². The number of hydrogen-bond donors (Lipinski definition) is 1. The Morgan fingerprint density at radius 3 is 2.56 bits per heavy atom. The number of rotatable bonds is 5. The lowest BCUT2D eigenvalue weighted by atomic mass is 10.1. The van der Waals surface area contributed by atoms with E-state index >= 15 is 0 Å². The molecule has 0 saturated carbocycles. The minimum atomic E-state index is 0.517. The molecular weight excluding hydrogens is 222 g/mol. The van der Waals surface area contributed by atoms with E-state index in [-0.39, 0.29) is 0 Å². The van der Waals surface area contributed by atoms with E-state index in [0.29, 0.717) is 6.04 Å². The van der Waals surface area contributed by atoms with Crippen molar-refractivity contribution in [1.82, 2.24) is 14.9 Å². The first-order valence-corrected chi connectivity index (χ1v) is 6.54. The van der Waals surface area contributed by atoms with Gasteiger partial charge in [-0.05, 0) is 12.5 Å². The number of aryl methyl sites for hydroxylation is 1. The molecule has 3 nitrogen and oxygen atoms in total. The van der Waals surface area contributed by atoms with Crippen LogP contribution in [-0.4, -0.2) is 15.6 Å². The number of hydrogen-bond acceptors (Lipinski definition) is 2. The predicted octanol–water partition coefficient (Wildman–Crippen LogP) is 3.07. The maximum absolute atomic E-state index is 4.41. The standard InChI is InChI=1S/C15H21N3/c1-4-18-10-9-16-15(18)14-7-5-13(6-8-14)11-17-12(2)3/h5-10,12,17H,4,11H2,1-3H3. The molecule has 0 aliphatic heterocycles. The van der Waals surface area contributed by atoms with Crippen molar-refractivity contribution in [2.24, 2.45) is 0 Å². The maximum atomic E-state index is 4.41. The summed E-state index contributed by atoms with van der Waals surface area (Å²) in [4.78, 5) is 4.41. The van der Waals surface area contributed by atoms with Gasteiger partial charge in [-0.3, -0.25) is 0 Å². The van der Waals surface area contributed by atoms with Crippen molar-refractivity contribution in [2.45, 2.75) is 39.9 Å². The van der Waals surface area contributed by atoms with Crippen LogP contribution in [0.1, 0.15) is 26.3 Å². The number of nitrogens with one attached hydrogen (secondary N) is 1. The van der Waals surface area contributed by atoms with Gasteiger partial charge in [0.05, 0.1) is 0 Å². The molecular formula is C15H21N3. The first-order chi connectivity index (χ1) is 8.70. The van der Waals surface area contributed by atoms with Crippen LogP contribution >= 0.6 is 0 Å². The molecule has 2 rings (SSSR count). The van der Waals surface area contributed by atoms with Gasteiger partial charge < -0.3 is 9.88 Å². The summed E-state index contributed by atoms with van der Waals surface area (Å²) in [5, 5.41) is 3.42. The lowest BCUT2D eigenvalue weighted by molar-refractivity contribution is 0.589. The maximum Gasteiger partial charge on any atom is 0.139 e. The highest BCUT2D eigenvalue weighted by atomic mass is 15.1. The van der Waals surface area contributed by atoms with E-state index in [0.717, 1.165) is 18.9 Å². The number of aromatic nitrogens is 2. The topological polar surface area (TPSA) is 29.9 Å². The highest BCUT2D eigenvalue weighted by Gasteiger charge is 2.04. The normalized spacial score (nSPS) is 11.1. The summed E-state index contributed by atoms with van der Waals surface area (Å²) in [6.45, 7) is 8.32. The predicted molar refractivity (Wildman–Crippen MR) is 75.3 cm³/mol. The van der Waals surface area contributed by atoms with E-state index in [2.05, 4.69) is 59.9 Å². The molecule has 18 heavy (non-hydrogen) atoms. The smallest absolute Gasteiger partial charge is 0.139 e. The van der Waals surface area contributed by atoms with Gasteiger partial charge in [0.2, 0.25) is 0 Å².